The van der Waals surface area contributed by atoms with Crippen LogP contribution in [0.2, 0.25) is 0 Å². The fourth-order valence-corrected chi connectivity index (χ4v) is 2.41. The third-order valence-electron chi connectivity index (χ3n) is 3.67. The van der Waals surface area contributed by atoms with Gasteiger partial charge in [0.2, 0.25) is 5.91 Å². The minimum absolute atomic E-state index is 0.117. The van der Waals surface area contributed by atoms with Gasteiger partial charge in [-0.05, 0) is 39.0 Å². The zero-order chi connectivity index (χ0) is 13.7. The number of halogens is 1. The molecule has 0 bridgehead atoms. The van der Waals surface area contributed by atoms with Crippen LogP contribution in [0.25, 0.3) is 0 Å². The van der Waals surface area contributed by atoms with E-state index in [1.54, 1.807) is 0 Å². The first-order valence-electron chi connectivity index (χ1n) is 6.62. The van der Waals surface area contributed by atoms with E-state index in [9.17, 15) is 14.0 Å². The van der Waals surface area contributed by atoms with Crippen molar-refractivity contribution in [3.8, 4) is 0 Å². The Balaban J connectivity index is 2.71. The number of hydrogen-bond donors (Lipinski definition) is 1. The van der Waals surface area contributed by atoms with Gasteiger partial charge in [-0.3, -0.25) is 9.59 Å². The van der Waals surface area contributed by atoms with E-state index in [0.717, 1.165) is 0 Å². The van der Waals surface area contributed by atoms with Gasteiger partial charge in [-0.1, -0.05) is 6.92 Å². The average molecular weight is 259 g/mol. The van der Waals surface area contributed by atoms with Crippen molar-refractivity contribution in [2.75, 3.05) is 6.54 Å². The van der Waals surface area contributed by atoms with Crippen LogP contribution in [0.3, 0.4) is 0 Å². The molecule has 0 radical (unpaired) electrons. The van der Waals surface area contributed by atoms with Crippen LogP contribution in [0.4, 0.5) is 4.39 Å². The molecule has 5 heteroatoms. The van der Waals surface area contributed by atoms with Crippen molar-refractivity contribution in [2.45, 2.75) is 58.2 Å². The summed E-state index contributed by atoms with van der Waals surface area (Å²) in [6.45, 7) is 3.45. The summed E-state index contributed by atoms with van der Waals surface area (Å²) < 4.78 is 13.3. The number of rotatable bonds is 5. The third kappa shape index (κ3) is 3.96. The van der Waals surface area contributed by atoms with Gasteiger partial charge in [0.1, 0.15) is 12.7 Å². The molecule has 1 saturated carbocycles. The van der Waals surface area contributed by atoms with E-state index < -0.39 is 12.1 Å². The summed E-state index contributed by atoms with van der Waals surface area (Å²) in [4.78, 5) is 24.5. The zero-order valence-electron chi connectivity index (χ0n) is 11.1. The number of alkyl halides is 1. The van der Waals surface area contributed by atoms with Crippen LogP contribution in [0.15, 0.2) is 0 Å². The van der Waals surface area contributed by atoms with Crippen LogP contribution in [-0.2, 0) is 9.59 Å². The van der Waals surface area contributed by atoms with Gasteiger partial charge in [-0.2, -0.15) is 0 Å². The quantitative estimate of drug-likeness (QED) is 0.823. The van der Waals surface area contributed by atoms with Gasteiger partial charge in [0.15, 0.2) is 0 Å². The van der Waals surface area contributed by atoms with Crippen molar-refractivity contribution in [3.63, 3.8) is 0 Å². The van der Waals surface area contributed by atoms with Gasteiger partial charge in [0.05, 0.1) is 0 Å². The molecule has 0 saturated heterocycles. The zero-order valence-corrected chi connectivity index (χ0v) is 11.1. The second-order valence-electron chi connectivity index (χ2n) is 5.08. The van der Waals surface area contributed by atoms with Gasteiger partial charge < -0.3 is 10.0 Å². The molecule has 18 heavy (non-hydrogen) atoms. The molecule has 1 N–H and O–H groups in total. The van der Waals surface area contributed by atoms with Crippen molar-refractivity contribution in [2.24, 2.45) is 5.92 Å². The first-order chi connectivity index (χ1) is 8.45. The summed E-state index contributed by atoms with van der Waals surface area (Å²) in [6, 6.07) is -0.117. The van der Waals surface area contributed by atoms with Crippen molar-refractivity contribution < 1.29 is 19.1 Å². The van der Waals surface area contributed by atoms with E-state index in [1.807, 2.05) is 13.8 Å². The topological polar surface area (TPSA) is 57.6 Å². The van der Waals surface area contributed by atoms with Crippen LogP contribution < -0.4 is 0 Å². The Hall–Kier alpha value is -1.13. The maximum absolute atomic E-state index is 13.3. The fraction of sp³-hybridized carbons (Fsp3) is 0.846. The first-order valence-corrected chi connectivity index (χ1v) is 6.62. The van der Waals surface area contributed by atoms with Crippen molar-refractivity contribution in [1.29, 1.82) is 0 Å². The number of amides is 1. The summed E-state index contributed by atoms with van der Waals surface area (Å²) in [7, 11) is 0. The van der Waals surface area contributed by atoms with Crippen LogP contribution >= 0.6 is 0 Å². The number of nitrogens with zero attached hydrogens (tertiary/aromatic N) is 1. The van der Waals surface area contributed by atoms with E-state index in [0.29, 0.717) is 25.7 Å². The third-order valence-corrected chi connectivity index (χ3v) is 3.67. The minimum Gasteiger partial charge on any atom is -0.480 e. The number of carbonyl (C=O) groups excluding carboxylic acids is 1. The van der Waals surface area contributed by atoms with Crippen molar-refractivity contribution in [1.82, 2.24) is 4.90 Å². The molecule has 3 unspecified atom stereocenters. The normalized spacial score (nSPS) is 25.5. The Morgan fingerprint density at radius 3 is 2.61 bits per heavy atom. The van der Waals surface area contributed by atoms with Gasteiger partial charge >= 0.3 is 5.97 Å². The Morgan fingerprint density at radius 1 is 1.44 bits per heavy atom. The Labute approximate surface area is 107 Å². The number of aliphatic carboxylic acids is 1. The lowest BCUT2D eigenvalue weighted by atomic mass is 9.86. The lowest BCUT2D eigenvalue weighted by Crippen LogP contribution is -2.46. The highest BCUT2D eigenvalue weighted by Gasteiger charge is 2.32. The number of carbonyl (C=O) groups is 2. The van der Waals surface area contributed by atoms with Gasteiger partial charge in [0, 0.05) is 12.0 Å². The molecule has 3 atom stereocenters. The highest BCUT2D eigenvalue weighted by molar-refractivity contribution is 5.83. The summed E-state index contributed by atoms with van der Waals surface area (Å²) in [5, 5.41) is 8.86. The fourth-order valence-electron chi connectivity index (χ4n) is 2.41. The molecule has 1 amide bonds. The van der Waals surface area contributed by atoms with E-state index in [2.05, 4.69) is 0 Å². The summed E-state index contributed by atoms with van der Waals surface area (Å²) in [5.74, 6) is -1.56. The molecular weight excluding hydrogens is 237 g/mol. The lowest BCUT2D eigenvalue weighted by molar-refractivity contribution is -0.149. The van der Waals surface area contributed by atoms with Gasteiger partial charge in [0.25, 0.3) is 0 Å². The van der Waals surface area contributed by atoms with Crippen LogP contribution in [0.1, 0.15) is 46.0 Å². The van der Waals surface area contributed by atoms with Crippen LogP contribution in [-0.4, -0.2) is 40.6 Å². The van der Waals surface area contributed by atoms with Crippen molar-refractivity contribution in [3.05, 3.63) is 0 Å². The second-order valence-corrected chi connectivity index (χ2v) is 5.08. The van der Waals surface area contributed by atoms with E-state index in [4.69, 9.17) is 5.11 Å². The summed E-state index contributed by atoms with van der Waals surface area (Å²) in [6.07, 6.45) is 1.92. The van der Waals surface area contributed by atoms with E-state index in [1.165, 1.54) is 4.90 Å². The second kappa shape index (κ2) is 6.71. The summed E-state index contributed by atoms with van der Waals surface area (Å²) in [5.41, 5.74) is 0. The maximum Gasteiger partial charge on any atom is 0.323 e. The first kappa shape index (κ1) is 14.9. The van der Waals surface area contributed by atoms with Crippen LogP contribution in [0.5, 0.6) is 0 Å². The molecule has 104 valence electrons. The summed E-state index contributed by atoms with van der Waals surface area (Å²) >= 11 is 0. The molecule has 1 rings (SSSR count). The minimum atomic E-state index is -1.02. The number of carboxylic acids is 1. The van der Waals surface area contributed by atoms with Crippen molar-refractivity contribution >= 4 is 11.9 Å². The molecule has 1 aliphatic carbocycles. The molecular formula is C13H22FNO3. The smallest absolute Gasteiger partial charge is 0.323 e. The molecule has 0 aromatic carbocycles. The Kier molecular flexibility index (Phi) is 5.56. The largest absolute Gasteiger partial charge is 0.480 e. The molecule has 0 spiro atoms. The molecule has 4 nitrogen and oxygen atoms in total. The molecule has 0 aliphatic heterocycles. The number of carboxylic acid groups (broad SMARTS) is 1. The highest BCUT2D eigenvalue weighted by Crippen LogP contribution is 2.28. The predicted molar refractivity (Wildman–Crippen MR) is 66.0 cm³/mol. The molecule has 0 heterocycles. The van der Waals surface area contributed by atoms with Gasteiger partial charge in [-0.15, -0.1) is 0 Å². The predicted octanol–water partition coefficient (Wildman–Crippen LogP) is 2.23. The number of hydrogen-bond acceptors (Lipinski definition) is 2. The average Bonchev–Trinajstić information content (AvgIpc) is 2.34. The maximum atomic E-state index is 13.3. The van der Waals surface area contributed by atoms with Crippen LogP contribution in [0, 0.1) is 5.92 Å². The molecule has 1 fully saturated rings. The van der Waals surface area contributed by atoms with Gasteiger partial charge in [-0.25, -0.2) is 4.39 Å². The molecule has 1 aliphatic rings. The van der Waals surface area contributed by atoms with E-state index >= 15 is 0 Å². The lowest BCUT2D eigenvalue weighted by Gasteiger charge is -2.33. The standard InChI is InChI=1S/C13H22FNO3/c1-3-9(2)15(8-12(16)17)13(18)10-5-4-6-11(14)7-10/h9-11H,3-8H2,1-2H3,(H,16,17). The van der Waals surface area contributed by atoms with E-state index in [-0.39, 0.29) is 30.8 Å². The molecule has 0 aromatic heterocycles. The molecule has 0 aromatic rings. The Bertz CT molecular complexity index is 309. The monoisotopic (exact) mass is 259 g/mol. The Morgan fingerprint density at radius 2 is 2.11 bits per heavy atom. The highest BCUT2D eigenvalue weighted by atomic mass is 19.1. The SMILES string of the molecule is CCC(C)N(CC(=O)O)C(=O)C1CCCC(F)C1.